The molecule has 1 fully saturated rings. The molecule has 1 saturated heterocycles. The number of halogens is 2. The Labute approximate surface area is 180 Å². The number of ether oxygens (including phenoxy) is 1. The van der Waals surface area contributed by atoms with Gasteiger partial charge in [-0.25, -0.2) is 4.79 Å². The number of piperidine rings is 1. The van der Waals surface area contributed by atoms with Crippen LogP contribution in [-0.4, -0.2) is 49.6 Å². The van der Waals surface area contributed by atoms with E-state index in [-0.39, 0.29) is 28.7 Å². The number of amides is 1. The van der Waals surface area contributed by atoms with Crippen molar-refractivity contribution in [1.29, 1.82) is 0 Å². The minimum atomic E-state index is -0.613. The lowest BCUT2D eigenvalue weighted by Gasteiger charge is -2.32. The summed E-state index contributed by atoms with van der Waals surface area (Å²) in [6.45, 7) is 1.82. The van der Waals surface area contributed by atoms with Crippen LogP contribution in [0.25, 0.3) is 0 Å². The van der Waals surface area contributed by atoms with Crippen LogP contribution < -0.4 is 10.6 Å². The summed E-state index contributed by atoms with van der Waals surface area (Å²) in [5.41, 5.74) is 1.45. The van der Waals surface area contributed by atoms with Crippen molar-refractivity contribution < 1.29 is 14.3 Å². The summed E-state index contributed by atoms with van der Waals surface area (Å²) in [6, 6.07) is 13.4. The summed E-state index contributed by atoms with van der Waals surface area (Å²) in [5, 5.41) is 6.74. The Morgan fingerprint density at radius 2 is 1.83 bits per heavy atom. The second-order valence-electron chi connectivity index (χ2n) is 6.91. The van der Waals surface area contributed by atoms with Crippen molar-refractivity contribution in [3.63, 3.8) is 0 Å². The Morgan fingerprint density at radius 1 is 1.14 bits per heavy atom. The second kappa shape index (κ2) is 9.96. The average Bonchev–Trinajstić information content (AvgIpc) is 2.71. The number of nitrogens with one attached hydrogen (secondary N) is 2. The molecule has 2 aromatic rings. The standard InChI is InChI=1S/C21H23Cl2N3O3/c1-29-21(28)17-11-14(22)12-18(23)20(17)25-19(27)13-26-9-7-16(8-10-26)24-15-5-3-2-4-6-15/h2-6,11-12,16,24H,7-10,13H2,1H3,(H,25,27). The molecule has 154 valence electrons. The highest BCUT2D eigenvalue weighted by Gasteiger charge is 2.23. The van der Waals surface area contributed by atoms with Crippen LogP contribution in [0.1, 0.15) is 23.2 Å². The van der Waals surface area contributed by atoms with Crippen LogP contribution in [-0.2, 0) is 9.53 Å². The van der Waals surface area contributed by atoms with Crippen molar-refractivity contribution in [1.82, 2.24) is 4.90 Å². The summed E-state index contributed by atoms with van der Waals surface area (Å²) in [7, 11) is 1.26. The molecule has 1 heterocycles. The average molecular weight is 436 g/mol. The smallest absolute Gasteiger partial charge is 0.340 e. The number of hydrogen-bond donors (Lipinski definition) is 2. The van der Waals surface area contributed by atoms with Crippen LogP contribution in [0.5, 0.6) is 0 Å². The number of hydrogen-bond acceptors (Lipinski definition) is 5. The minimum absolute atomic E-state index is 0.129. The minimum Gasteiger partial charge on any atom is -0.465 e. The van der Waals surface area contributed by atoms with E-state index in [1.807, 2.05) is 18.2 Å². The van der Waals surface area contributed by atoms with Crippen molar-refractivity contribution in [2.24, 2.45) is 0 Å². The van der Waals surface area contributed by atoms with Gasteiger partial charge in [-0.2, -0.15) is 0 Å². The number of anilines is 2. The highest BCUT2D eigenvalue weighted by molar-refractivity contribution is 6.37. The molecular weight excluding hydrogens is 413 g/mol. The maximum absolute atomic E-state index is 12.5. The first-order valence-corrected chi connectivity index (χ1v) is 10.1. The lowest BCUT2D eigenvalue weighted by Crippen LogP contribution is -2.42. The predicted octanol–water partition coefficient (Wildman–Crippen LogP) is 4.30. The lowest BCUT2D eigenvalue weighted by atomic mass is 10.0. The first kappa shape index (κ1) is 21.4. The van der Waals surface area contributed by atoms with Gasteiger partial charge in [0, 0.05) is 29.8 Å². The molecule has 1 aliphatic heterocycles. The molecule has 0 bridgehead atoms. The lowest BCUT2D eigenvalue weighted by molar-refractivity contribution is -0.117. The van der Waals surface area contributed by atoms with Crippen molar-refractivity contribution in [3.8, 4) is 0 Å². The largest absolute Gasteiger partial charge is 0.465 e. The first-order chi connectivity index (χ1) is 14.0. The molecule has 0 spiro atoms. The van der Waals surface area contributed by atoms with Crippen LogP contribution in [0.15, 0.2) is 42.5 Å². The quantitative estimate of drug-likeness (QED) is 0.661. The number of para-hydroxylation sites is 1. The highest BCUT2D eigenvalue weighted by atomic mass is 35.5. The Bertz CT molecular complexity index is 869. The normalized spacial score (nSPS) is 15.0. The van der Waals surface area contributed by atoms with Crippen LogP contribution in [0, 0.1) is 0 Å². The van der Waals surface area contributed by atoms with Gasteiger partial charge in [0.2, 0.25) is 5.91 Å². The molecular formula is C21H23Cl2N3O3. The van der Waals surface area contributed by atoms with Crippen molar-refractivity contribution in [2.75, 3.05) is 37.4 Å². The fourth-order valence-electron chi connectivity index (χ4n) is 3.36. The van der Waals surface area contributed by atoms with Crippen LogP contribution in [0.4, 0.5) is 11.4 Å². The van der Waals surface area contributed by atoms with Gasteiger partial charge in [0.1, 0.15) is 0 Å². The summed E-state index contributed by atoms with van der Waals surface area (Å²) >= 11 is 12.2. The Hall–Kier alpha value is -2.28. The number of esters is 1. The zero-order valence-corrected chi connectivity index (χ0v) is 17.6. The fourth-order valence-corrected chi connectivity index (χ4v) is 3.90. The van der Waals surface area contributed by atoms with Crippen molar-refractivity contribution in [3.05, 3.63) is 58.1 Å². The number of carbonyl (C=O) groups is 2. The molecule has 2 aromatic carbocycles. The van der Waals surface area contributed by atoms with Gasteiger partial charge < -0.3 is 15.4 Å². The van der Waals surface area contributed by atoms with Gasteiger partial charge in [0.15, 0.2) is 0 Å². The zero-order chi connectivity index (χ0) is 20.8. The van der Waals surface area contributed by atoms with Crippen molar-refractivity contribution in [2.45, 2.75) is 18.9 Å². The number of methoxy groups -OCH3 is 1. The topological polar surface area (TPSA) is 70.7 Å². The summed E-state index contributed by atoms with van der Waals surface area (Å²) < 4.78 is 4.75. The maximum atomic E-state index is 12.5. The molecule has 0 aromatic heterocycles. The number of benzene rings is 2. The van der Waals surface area contributed by atoms with Crippen molar-refractivity contribution >= 4 is 46.5 Å². The Kier molecular flexibility index (Phi) is 7.36. The zero-order valence-electron chi connectivity index (χ0n) is 16.1. The van der Waals surface area contributed by atoms with E-state index < -0.39 is 5.97 Å². The van der Waals surface area contributed by atoms with Gasteiger partial charge in [0.05, 0.1) is 29.9 Å². The molecule has 2 N–H and O–H groups in total. The molecule has 0 aliphatic carbocycles. The van der Waals surface area contributed by atoms with Crippen LogP contribution in [0.2, 0.25) is 10.0 Å². The maximum Gasteiger partial charge on any atom is 0.340 e. The number of likely N-dealkylation sites (tertiary alicyclic amines) is 1. The molecule has 0 atom stereocenters. The molecule has 6 nitrogen and oxygen atoms in total. The first-order valence-electron chi connectivity index (χ1n) is 9.37. The predicted molar refractivity (Wildman–Crippen MR) is 116 cm³/mol. The SMILES string of the molecule is COC(=O)c1cc(Cl)cc(Cl)c1NC(=O)CN1CCC(Nc2ccccc2)CC1. The Morgan fingerprint density at radius 3 is 2.48 bits per heavy atom. The highest BCUT2D eigenvalue weighted by Crippen LogP contribution is 2.31. The van der Waals surface area contributed by atoms with E-state index in [0.29, 0.717) is 11.1 Å². The second-order valence-corrected chi connectivity index (χ2v) is 7.75. The number of nitrogens with zero attached hydrogens (tertiary/aromatic N) is 1. The number of rotatable bonds is 6. The summed E-state index contributed by atoms with van der Waals surface area (Å²) in [5.74, 6) is -0.855. The molecule has 1 amide bonds. The molecule has 8 heteroatoms. The van der Waals surface area contributed by atoms with Gasteiger partial charge in [0.25, 0.3) is 0 Å². The molecule has 0 unspecified atom stereocenters. The molecule has 0 radical (unpaired) electrons. The van der Waals surface area contributed by atoms with Gasteiger partial charge in [-0.1, -0.05) is 41.4 Å². The van der Waals surface area contributed by atoms with E-state index in [4.69, 9.17) is 27.9 Å². The van der Waals surface area contributed by atoms with E-state index >= 15 is 0 Å². The fraction of sp³-hybridized carbons (Fsp3) is 0.333. The monoisotopic (exact) mass is 435 g/mol. The third-order valence-electron chi connectivity index (χ3n) is 4.82. The van der Waals surface area contributed by atoms with Gasteiger partial charge in [-0.15, -0.1) is 0 Å². The van der Waals surface area contributed by atoms with E-state index in [2.05, 4.69) is 27.7 Å². The van der Waals surface area contributed by atoms with E-state index in [0.717, 1.165) is 31.6 Å². The summed E-state index contributed by atoms with van der Waals surface area (Å²) in [6.07, 6.45) is 1.88. The molecule has 0 saturated carbocycles. The molecule has 29 heavy (non-hydrogen) atoms. The Balaban J connectivity index is 1.55. The van der Waals surface area contributed by atoms with E-state index in [1.165, 1.54) is 19.2 Å². The van der Waals surface area contributed by atoms with Crippen LogP contribution in [0.3, 0.4) is 0 Å². The molecule has 3 rings (SSSR count). The van der Waals surface area contributed by atoms with Gasteiger partial charge >= 0.3 is 5.97 Å². The van der Waals surface area contributed by atoms with Gasteiger partial charge in [-0.3, -0.25) is 9.69 Å². The molecule has 1 aliphatic rings. The third kappa shape index (κ3) is 5.85. The number of carbonyl (C=O) groups excluding carboxylic acids is 2. The van der Waals surface area contributed by atoms with E-state index in [1.54, 1.807) is 0 Å². The van der Waals surface area contributed by atoms with E-state index in [9.17, 15) is 9.59 Å². The summed E-state index contributed by atoms with van der Waals surface area (Å²) in [4.78, 5) is 26.6. The van der Waals surface area contributed by atoms with Gasteiger partial charge in [-0.05, 0) is 37.1 Å². The van der Waals surface area contributed by atoms with Crippen LogP contribution >= 0.6 is 23.2 Å². The third-order valence-corrected chi connectivity index (χ3v) is 5.34.